The van der Waals surface area contributed by atoms with E-state index in [2.05, 4.69) is 15.3 Å². The number of methoxy groups -OCH3 is 2. The molecule has 8 nitrogen and oxygen atoms in total. The SMILES string of the molecule is COc1cc2ncnc(Oc3ccc(NC(=O)OCc4ccc(C(F)(F)F)cc4)c(Cl)c3)c2cc1OC. The predicted molar refractivity (Wildman–Crippen MR) is 129 cm³/mol. The van der Waals surface area contributed by atoms with Crippen LogP contribution in [0.2, 0.25) is 5.02 Å². The fraction of sp³-hybridized carbons (Fsp3) is 0.160. The van der Waals surface area contributed by atoms with Crippen LogP contribution in [0, 0.1) is 0 Å². The minimum absolute atomic E-state index is 0.154. The van der Waals surface area contributed by atoms with Crippen molar-refractivity contribution in [2.24, 2.45) is 0 Å². The third kappa shape index (κ3) is 6.12. The molecule has 0 fully saturated rings. The number of hydrogen-bond acceptors (Lipinski definition) is 7. The summed E-state index contributed by atoms with van der Waals surface area (Å²) in [5.41, 5.74) is 0.418. The van der Waals surface area contributed by atoms with E-state index in [1.807, 2.05) is 0 Å². The maximum Gasteiger partial charge on any atom is 0.416 e. The van der Waals surface area contributed by atoms with Crippen LogP contribution in [0.15, 0.2) is 60.9 Å². The van der Waals surface area contributed by atoms with Gasteiger partial charge in [-0.25, -0.2) is 14.8 Å². The van der Waals surface area contributed by atoms with E-state index in [4.69, 9.17) is 30.5 Å². The first-order valence-electron chi connectivity index (χ1n) is 10.6. The Morgan fingerprint density at radius 3 is 2.32 bits per heavy atom. The normalized spacial score (nSPS) is 11.2. The Kier molecular flexibility index (Phi) is 7.53. The molecule has 3 aromatic carbocycles. The average Bonchev–Trinajstić information content (AvgIpc) is 2.88. The number of benzene rings is 3. The molecule has 0 spiro atoms. The molecule has 1 amide bonds. The number of nitrogens with zero attached hydrogens (tertiary/aromatic N) is 2. The summed E-state index contributed by atoms with van der Waals surface area (Å²) in [6, 6.07) is 12.2. The largest absolute Gasteiger partial charge is 0.493 e. The van der Waals surface area contributed by atoms with E-state index < -0.39 is 17.8 Å². The molecule has 4 rings (SSSR count). The van der Waals surface area contributed by atoms with Crippen molar-refractivity contribution in [1.82, 2.24) is 9.97 Å². The van der Waals surface area contributed by atoms with Gasteiger partial charge in [0, 0.05) is 12.1 Å². The van der Waals surface area contributed by atoms with Gasteiger partial charge in [-0.3, -0.25) is 5.32 Å². The van der Waals surface area contributed by atoms with Crippen molar-refractivity contribution in [3.63, 3.8) is 0 Å². The summed E-state index contributed by atoms with van der Waals surface area (Å²) in [7, 11) is 3.03. The van der Waals surface area contributed by atoms with Crippen LogP contribution in [0.1, 0.15) is 11.1 Å². The Morgan fingerprint density at radius 1 is 0.973 bits per heavy atom. The fourth-order valence-electron chi connectivity index (χ4n) is 3.30. The van der Waals surface area contributed by atoms with Gasteiger partial charge >= 0.3 is 12.3 Å². The number of rotatable bonds is 7. The summed E-state index contributed by atoms with van der Waals surface area (Å²) in [6.07, 6.45) is -3.93. The van der Waals surface area contributed by atoms with Crippen LogP contribution < -0.4 is 19.5 Å². The van der Waals surface area contributed by atoms with Crippen LogP contribution in [0.25, 0.3) is 10.9 Å². The minimum atomic E-state index is -4.44. The molecule has 0 saturated carbocycles. The Balaban J connectivity index is 1.42. The lowest BCUT2D eigenvalue weighted by Gasteiger charge is -2.13. The highest BCUT2D eigenvalue weighted by atomic mass is 35.5. The molecule has 0 aliphatic rings. The number of carbonyl (C=O) groups is 1. The fourth-order valence-corrected chi connectivity index (χ4v) is 3.52. The molecule has 192 valence electrons. The summed E-state index contributed by atoms with van der Waals surface area (Å²) >= 11 is 6.30. The van der Waals surface area contributed by atoms with Crippen molar-refractivity contribution in [3.05, 3.63) is 77.1 Å². The highest BCUT2D eigenvalue weighted by Gasteiger charge is 2.30. The molecule has 4 aromatic rings. The summed E-state index contributed by atoms with van der Waals surface area (Å²) in [5, 5.41) is 3.21. The van der Waals surface area contributed by atoms with Crippen molar-refractivity contribution < 1.29 is 36.9 Å². The number of anilines is 1. The first kappa shape index (κ1) is 25.8. The van der Waals surface area contributed by atoms with E-state index >= 15 is 0 Å². The van der Waals surface area contributed by atoms with Gasteiger partial charge < -0.3 is 18.9 Å². The quantitative estimate of drug-likeness (QED) is 0.277. The number of fused-ring (bicyclic) bond motifs is 1. The molecule has 1 heterocycles. The number of hydrogen-bond donors (Lipinski definition) is 1. The van der Waals surface area contributed by atoms with Crippen molar-refractivity contribution >= 4 is 34.3 Å². The zero-order valence-electron chi connectivity index (χ0n) is 19.4. The van der Waals surface area contributed by atoms with Crippen LogP contribution in [0.5, 0.6) is 23.1 Å². The van der Waals surface area contributed by atoms with Gasteiger partial charge in [-0.05, 0) is 35.9 Å². The van der Waals surface area contributed by atoms with Gasteiger partial charge in [0.15, 0.2) is 11.5 Å². The second-order valence-corrected chi connectivity index (χ2v) is 7.95. The third-order valence-electron chi connectivity index (χ3n) is 5.15. The molecule has 0 aliphatic carbocycles. The zero-order valence-corrected chi connectivity index (χ0v) is 20.2. The molecule has 0 unspecified atom stereocenters. The molecule has 1 aromatic heterocycles. The molecular weight excluding hydrogens is 515 g/mol. The van der Waals surface area contributed by atoms with E-state index in [1.165, 1.54) is 44.8 Å². The lowest BCUT2D eigenvalue weighted by atomic mass is 10.1. The maximum atomic E-state index is 12.7. The van der Waals surface area contributed by atoms with E-state index in [0.29, 0.717) is 33.7 Å². The predicted octanol–water partition coefficient (Wildman–Crippen LogP) is 6.86. The van der Waals surface area contributed by atoms with Crippen LogP contribution in [-0.2, 0) is 17.5 Å². The standard InChI is InChI=1S/C25H19ClF3N3O5/c1-34-21-10-17-20(11-22(21)35-2)30-13-31-23(17)37-16-7-8-19(18(26)9-16)32-24(33)36-12-14-3-5-15(6-4-14)25(27,28)29/h3-11,13H,12H2,1-2H3,(H,32,33). The van der Waals surface area contributed by atoms with Crippen LogP contribution in [-0.4, -0.2) is 30.3 Å². The van der Waals surface area contributed by atoms with E-state index in [1.54, 1.807) is 18.2 Å². The maximum absolute atomic E-state index is 12.7. The lowest BCUT2D eigenvalue weighted by molar-refractivity contribution is -0.137. The van der Waals surface area contributed by atoms with Crippen LogP contribution in [0.3, 0.4) is 0 Å². The summed E-state index contributed by atoms with van der Waals surface area (Å²) in [5.74, 6) is 1.56. The summed E-state index contributed by atoms with van der Waals surface area (Å²) in [4.78, 5) is 20.6. The summed E-state index contributed by atoms with van der Waals surface area (Å²) < 4.78 is 59.6. The van der Waals surface area contributed by atoms with Gasteiger partial charge in [0.2, 0.25) is 5.88 Å². The Labute approximate surface area is 213 Å². The smallest absolute Gasteiger partial charge is 0.416 e. The van der Waals surface area contributed by atoms with Crippen LogP contribution >= 0.6 is 11.6 Å². The van der Waals surface area contributed by atoms with Crippen molar-refractivity contribution in [1.29, 1.82) is 0 Å². The van der Waals surface area contributed by atoms with Crippen LogP contribution in [0.4, 0.5) is 23.7 Å². The van der Waals surface area contributed by atoms with E-state index in [0.717, 1.165) is 12.1 Å². The van der Waals surface area contributed by atoms with Gasteiger partial charge in [-0.1, -0.05) is 23.7 Å². The topological polar surface area (TPSA) is 91.8 Å². The monoisotopic (exact) mass is 533 g/mol. The van der Waals surface area contributed by atoms with Crippen molar-refractivity contribution in [2.45, 2.75) is 12.8 Å². The summed E-state index contributed by atoms with van der Waals surface area (Å²) in [6.45, 7) is -0.224. The van der Waals surface area contributed by atoms with Gasteiger partial charge in [0.25, 0.3) is 0 Å². The highest BCUT2D eigenvalue weighted by Crippen LogP contribution is 2.37. The molecule has 0 saturated heterocycles. The van der Waals surface area contributed by atoms with Gasteiger partial charge in [-0.15, -0.1) is 0 Å². The zero-order chi connectivity index (χ0) is 26.6. The Morgan fingerprint density at radius 2 is 1.68 bits per heavy atom. The minimum Gasteiger partial charge on any atom is -0.493 e. The Bertz CT molecular complexity index is 1430. The number of ether oxygens (including phenoxy) is 4. The second kappa shape index (κ2) is 10.8. The molecule has 0 aliphatic heterocycles. The first-order valence-corrected chi connectivity index (χ1v) is 11.0. The van der Waals surface area contributed by atoms with E-state index in [-0.39, 0.29) is 23.2 Å². The number of alkyl halides is 3. The number of aromatic nitrogens is 2. The van der Waals surface area contributed by atoms with Crippen molar-refractivity contribution in [2.75, 3.05) is 19.5 Å². The Hall–Kier alpha value is -4.25. The van der Waals surface area contributed by atoms with Gasteiger partial charge in [0.1, 0.15) is 18.7 Å². The number of carbonyl (C=O) groups excluding carboxylic acids is 1. The lowest BCUT2D eigenvalue weighted by Crippen LogP contribution is -2.14. The van der Waals surface area contributed by atoms with Gasteiger partial charge in [0.05, 0.1) is 41.4 Å². The molecule has 37 heavy (non-hydrogen) atoms. The van der Waals surface area contributed by atoms with Gasteiger partial charge in [-0.2, -0.15) is 13.2 Å². The number of amides is 1. The van der Waals surface area contributed by atoms with Crippen molar-refractivity contribution in [3.8, 4) is 23.1 Å². The number of halogens is 4. The average molecular weight is 534 g/mol. The second-order valence-electron chi connectivity index (χ2n) is 7.54. The number of nitrogens with one attached hydrogen (secondary N) is 1. The first-order chi connectivity index (χ1) is 17.7. The molecular formula is C25H19ClF3N3O5. The molecule has 12 heteroatoms. The molecule has 0 atom stereocenters. The molecule has 0 radical (unpaired) electrons. The molecule has 1 N–H and O–H groups in total. The molecule has 0 bridgehead atoms. The highest BCUT2D eigenvalue weighted by molar-refractivity contribution is 6.33. The van der Waals surface area contributed by atoms with E-state index in [9.17, 15) is 18.0 Å². The third-order valence-corrected chi connectivity index (χ3v) is 5.46.